The Bertz CT molecular complexity index is 805. The fraction of sp³-hybridized carbons (Fsp3) is 0.773. The molecule has 0 saturated carbocycles. The predicted octanol–water partition coefficient (Wildman–Crippen LogP) is 2.24. The van der Waals surface area contributed by atoms with Gasteiger partial charge in [0, 0.05) is 54.8 Å². The van der Waals surface area contributed by atoms with Crippen LogP contribution in [0.3, 0.4) is 0 Å². The highest BCUT2D eigenvalue weighted by molar-refractivity contribution is 8.03. The second-order valence-electron chi connectivity index (χ2n) is 9.93. The van der Waals surface area contributed by atoms with E-state index in [-0.39, 0.29) is 23.1 Å². The number of aliphatic hydroxyl groups is 1. The highest BCUT2D eigenvalue weighted by atomic mass is 35.5. The number of hydrogen-bond acceptors (Lipinski definition) is 5. The van der Waals surface area contributed by atoms with E-state index in [1.807, 2.05) is 6.92 Å². The Morgan fingerprint density at radius 2 is 2.00 bits per heavy atom. The highest BCUT2D eigenvalue weighted by Gasteiger charge is 2.60. The molecule has 3 saturated heterocycles. The summed E-state index contributed by atoms with van der Waals surface area (Å²) >= 11 is 7.49. The average Bonchev–Trinajstić information content (AvgIpc) is 3.18. The third-order valence-electron chi connectivity index (χ3n) is 7.58. The van der Waals surface area contributed by atoms with Crippen LogP contribution >= 0.6 is 23.4 Å². The topological polar surface area (TPSA) is 84.7 Å². The number of allylic oxidation sites excluding steroid dienone is 1. The maximum atomic E-state index is 12.5. The second-order valence-corrected chi connectivity index (χ2v) is 11.6. The lowest BCUT2D eigenvalue weighted by atomic mass is 9.79. The molecule has 0 unspecified atom stereocenters. The van der Waals surface area contributed by atoms with E-state index in [0.29, 0.717) is 11.5 Å². The van der Waals surface area contributed by atoms with Crippen LogP contribution in [0.5, 0.6) is 0 Å². The van der Waals surface area contributed by atoms with Crippen LogP contribution in [0.4, 0.5) is 0 Å². The normalized spacial score (nSPS) is 30.9. The monoisotopic (exact) mass is 469 g/mol. The smallest absolute Gasteiger partial charge is 0.269 e. The number of likely N-dealkylation sites (tertiary alicyclic amines) is 2. The molecule has 3 fully saturated rings. The third kappa shape index (κ3) is 4.16. The number of thioether (sulfide) groups is 1. The fourth-order valence-corrected chi connectivity index (χ4v) is 7.46. The van der Waals surface area contributed by atoms with E-state index < -0.39 is 17.3 Å². The van der Waals surface area contributed by atoms with E-state index in [1.165, 1.54) is 30.8 Å². The molecule has 7 nitrogen and oxygen atoms in total. The number of aliphatic hydroxyl groups excluding tert-OH is 1. The molecule has 0 aromatic heterocycles. The Kier molecular flexibility index (Phi) is 6.47. The maximum absolute atomic E-state index is 12.5. The molecule has 31 heavy (non-hydrogen) atoms. The van der Waals surface area contributed by atoms with Crippen molar-refractivity contribution in [2.75, 3.05) is 39.8 Å². The number of rotatable bonds is 8. The first kappa shape index (κ1) is 23.1. The van der Waals surface area contributed by atoms with Crippen molar-refractivity contribution in [1.29, 1.82) is 5.41 Å². The zero-order valence-corrected chi connectivity index (χ0v) is 20.2. The van der Waals surface area contributed by atoms with Gasteiger partial charge in [0.15, 0.2) is 0 Å². The summed E-state index contributed by atoms with van der Waals surface area (Å²) < 4.78 is 1.15. The number of fused-ring (bicyclic) bond motifs is 1. The first-order chi connectivity index (χ1) is 14.6. The highest BCUT2D eigenvalue weighted by Crippen LogP contribution is 2.52. The van der Waals surface area contributed by atoms with E-state index in [0.717, 1.165) is 41.9 Å². The molecule has 1 amide bonds. The van der Waals surface area contributed by atoms with Crippen molar-refractivity contribution in [3.8, 4) is 0 Å². The summed E-state index contributed by atoms with van der Waals surface area (Å²) in [4.78, 5) is 29.1. The lowest BCUT2D eigenvalue weighted by molar-refractivity contribution is -0.897. The van der Waals surface area contributed by atoms with Crippen molar-refractivity contribution in [2.45, 2.75) is 56.9 Å². The lowest BCUT2D eigenvalue weighted by Gasteiger charge is -2.46. The molecule has 0 radical (unpaired) electrons. The number of β-lactam (4-membered cyclic amide) rings is 1. The van der Waals surface area contributed by atoms with Crippen LogP contribution in [0.2, 0.25) is 0 Å². The molecule has 172 valence electrons. The first-order valence-corrected chi connectivity index (χ1v) is 12.7. The number of amidine groups is 1. The van der Waals surface area contributed by atoms with Crippen LogP contribution in [0, 0.1) is 17.2 Å². The quantitative estimate of drug-likeness (QED) is 0.187. The minimum atomic E-state index is -0.739. The standard InChI is InChI=1S/C22H34ClN4O3S/c1-13-18-17(14(2)28)22(30)26(18)19(21(23)29)20(13)31-15-11-25(12-15)16(24)7-6-10-27(3)8-4-5-9-27/h13-15,17-18,24,28H,4-12H2,1-3H3/q+1/t13-,14-,17-,18-/m1/s1. The molecular weight excluding hydrogens is 436 g/mol. The fourth-order valence-electron chi connectivity index (χ4n) is 5.68. The molecule has 4 aliphatic heterocycles. The maximum Gasteiger partial charge on any atom is 0.269 e. The molecule has 2 N–H and O–H groups in total. The Morgan fingerprint density at radius 1 is 1.35 bits per heavy atom. The van der Waals surface area contributed by atoms with Gasteiger partial charge in [0.1, 0.15) is 5.70 Å². The van der Waals surface area contributed by atoms with Gasteiger partial charge < -0.3 is 19.4 Å². The van der Waals surface area contributed by atoms with Crippen molar-refractivity contribution in [3.63, 3.8) is 0 Å². The summed E-state index contributed by atoms with van der Waals surface area (Å²) in [6, 6.07) is -0.183. The molecule has 0 spiro atoms. The largest absolute Gasteiger partial charge is 0.393 e. The Balaban J connectivity index is 1.30. The summed E-state index contributed by atoms with van der Waals surface area (Å²) in [6.07, 6.45) is 3.77. The number of nitrogens with one attached hydrogen (secondary N) is 1. The summed E-state index contributed by atoms with van der Waals surface area (Å²) in [5.74, 6) is 0.0134. The summed E-state index contributed by atoms with van der Waals surface area (Å²) in [5.41, 5.74) is 0.308. The molecular formula is C22H34ClN4O3S+. The summed E-state index contributed by atoms with van der Waals surface area (Å²) in [7, 11) is 2.33. The SMILES string of the molecule is C[C@@H](O)[C@H]1C(=O)N2C(C(=O)Cl)=C(SC3CN(C(=N)CCC[N+]4(C)CCCC4)C3)[C@H](C)[C@H]12. The molecule has 0 aromatic carbocycles. The van der Waals surface area contributed by atoms with Gasteiger partial charge in [-0.05, 0) is 18.5 Å². The predicted molar refractivity (Wildman–Crippen MR) is 123 cm³/mol. The van der Waals surface area contributed by atoms with Gasteiger partial charge in [-0.1, -0.05) is 6.92 Å². The number of nitrogens with zero attached hydrogens (tertiary/aromatic N) is 3. The third-order valence-corrected chi connectivity index (χ3v) is 9.21. The van der Waals surface area contributed by atoms with Crippen molar-refractivity contribution < 1.29 is 19.2 Å². The van der Waals surface area contributed by atoms with Gasteiger partial charge in [0.25, 0.3) is 5.24 Å². The minimum Gasteiger partial charge on any atom is -0.393 e. The van der Waals surface area contributed by atoms with E-state index >= 15 is 0 Å². The molecule has 0 aromatic rings. The van der Waals surface area contributed by atoms with E-state index in [4.69, 9.17) is 17.0 Å². The summed E-state index contributed by atoms with van der Waals surface area (Å²) in [6.45, 7) is 8.89. The number of halogens is 1. The van der Waals surface area contributed by atoms with Crippen molar-refractivity contribution in [1.82, 2.24) is 9.80 Å². The van der Waals surface area contributed by atoms with Crippen LogP contribution in [-0.2, 0) is 9.59 Å². The molecule has 9 heteroatoms. The van der Waals surface area contributed by atoms with E-state index in [1.54, 1.807) is 18.7 Å². The number of carbonyl (C=O) groups is 2. The van der Waals surface area contributed by atoms with Gasteiger partial charge in [0.05, 0.1) is 50.6 Å². The van der Waals surface area contributed by atoms with Crippen molar-refractivity contribution >= 4 is 40.3 Å². The van der Waals surface area contributed by atoms with Crippen molar-refractivity contribution in [3.05, 3.63) is 10.6 Å². The van der Waals surface area contributed by atoms with Gasteiger partial charge in [0.2, 0.25) is 5.91 Å². The van der Waals surface area contributed by atoms with Gasteiger partial charge in [-0.3, -0.25) is 15.0 Å². The minimum absolute atomic E-state index is 0.0153. The van der Waals surface area contributed by atoms with E-state index in [9.17, 15) is 14.7 Å². The van der Waals surface area contributed by atoms with Gasteiger partial charge >= 0.3 is 0 Å². The zero-order chi connectivity index (χ0) is 22.5. The van der Waals surface area contributed by atoms with Crippen LogP contribution in [0.1, 0.15) is 39.5 Å². The molecule has 4 aliphatic rings. The molecule has 4 atom stereocenters. The number of amides is 1. The number of hydrogen-bond donors (Lipinski definition) is 2. The van der Waals surface area contributed by atoms with Gasteiger partial charge in [-0.15, -0.1) is 11.8 Å². The number of quaternary nitrogens is 1. The van der Waals surface area contributed by atoms with Crippen LogP contribution in [0.25, 0.3) is 0 Å². The van der Waals surface area contributed by atoms with Gasteiger partial charge in [-0.2, -0.15) is 0 Å². The van der Waals surface area contributed by atoms with E-state index in [2.05, 4.69) is 11.9 Å². The Morgan fingerprint density at radius 3 is 2.58 bits per heavy atom. The summed E-state index contributed by atoms with van der Waals surface area (Å²) in [5, 5.41) is 18.1. The Hall–Kier alpha value is -1.09. The first-order valence-electron chi connectivity index (χ1n) is 11.4. The van der Waals surface area contributed by atoms with Crippen LogP contribution in [-0.4, -0.2) is 93.5 Å². The zero-order valence-electron chi connectivity index (χ0n) is 18.6. The molecule has 4 rings (SSSR count). The second kappa shape index (κ2) is 8.69. The lowest BCUT2D eigenvalue weighted by Crippen LogP contribution is -2.63. The van der Waals surface area contributed by atoms with Crippen LogP contribution in [0.15, 0.2) is 10.6 Å². The molecule has 0 aliphatic carbocycles. The molecule has 4 heterocycles. The number of carbonyl (C=O) groups excluding carboxylic acids is 2. The average molecular weight is 470 g/mol. The van der Waals surface area contributed by atoms with Crippen molar-refractivity contribution in [2.24, 2.45) is 11.8 Å². The Labute approximate surface area is 193 Å². The van der Waals surface area contributed by atoms with Gasteiger partial charge in [-0.25, -0.2) is 0 Å². The molecule has 0 bridgehead atoms. The van der Waals surface area contributed by atoms with Crippen LogP contribution < -0.4 is 0 Å².